The van der Waals surface area contributed by atoms with Crippen molar-refractivity contribution in [3.8, 4) is 11.1 Å². The molecule has 0 amide bonds. The number of pyridine rings is 1. The van der Waals surface area contributed by atoms with Gasteiger partial charge in [0, 0.05) is 41.0 Å². The van der Waals surface area contributed by atoms with Crippen molar-refractivity contribution in [1.29, 1.82) is 0 Å². The van der Waals surface area contributed by atoms with Crippen molar-refractivity contribution in [3.05, 3.63) is 77.1 Å². The third-order valence-electron chi connectivity index (χ3n) is 5.43. The van der Waals surface area contributed by atoms with Crippen molar-refractivity contribution >= 4 is 17.3 Å². The van der Waals surface area contributed by atoms with Gasteiger partial charge in [0.2, 0.25) is 0 Å². The zero-order valence-corrected chi connectivity index (χ0v) is 16.3. The van der Waals surface area contributed by atoms with E-state index in [4.69, 9.17) is 10.8 Å². The van der Waals surface area contributed by atoms with E-state index in [0.29, 0.717) is 34.5 Å². The summed E-state index contributed by atoms with van der Waals surface area (Å²) < 4.78 is 28.8. The zero-order valence-electron chi connectivity index (χ0n) is 16.3. The molecule has 2 aromatic carbocycles. The molecule has 0 radical (unpaired) electrons. The Morgan fingerprint density at radius 2 is 1.97 bits per heavy atom. The van der Waals surface area contributed by atoms with Crippen molar-refractivity contribution in [2.24, 2.45) is 5.92 Å². The number of carboxylic acid groups (broad SMARTS) is 1. The van der Waals surface area contributed by atoms with Gasteiger partial charge in [-0.1, -0.05) is 6.07 Å². The Morgan fingerprint density at radius 1 is 1.17 bits per heavy atom. The minimum Gasteiger partial charge on any atom is -0.481 e. The summed E-state index contributed by atoms with van der Waals surface area (Å²) in [6.45, 7) is 1.98. The highest BCUT2D eigenvalue weighted by Crippen LogP contribution is 2.46. The van der Waals surface area contributed by atoms with E-state index in [1.54, 1.807) is 36.5 Å². The first-order valence-electron chi connectivity index (χ1n) is 9.60. The number of nitrogens with zero attached hydrogens (tertiary/aromatic N) is 1. The second-order valence-corrected chi connectivity index (χ2v) is 7.61. The van der Waals surface area contributed by atoms with E-state index in [9.17, 15) is 13.6 Å². The van der Waals surface area contributed by atoms with Crippen LogP contribution in [-0.2, 0) is 11.3 Å². The van der Waals surface area contributed by atoms with Crippen LogP contribution in [0.1, 0.15) is 29.2 Å². The molecule has 3 aromatic rings. The number of hydrogen-bond donors (Lipinski definition) is 3. The van der Waals surface area contributed by atoms with Crippen LogP contribution in [0.2, 0.25) is 0 Å². The molecule has 4 rings (SSSR count). The van der Waals surface area contributed by atoms with Crippen molar-refractivity contribution in [2.45, 2.75) is 25.8 Å². The van der Waals surface area contributed by atoms with Gasteiger partial charge in [-0.25, -0.2) is 8.78 Å². The maximum absolute atomic E-state index is 14.4. The Morgan fingerprint density at radius 3 is 2.60 bits per heavy atom. The minimum atomic E-state index is -0.803. The third kappa shape index (κ3) is 3.96. The average Bonchev–Trinajstić information content (AvgIpc) is 3.50. The number of hydrogen-bond acceptors (Lipinski definition) is 4. The smallest absolute Gasteiger partial charge is 0.307 e. The van der Waals surface area contributed by atoms with Gasteiger partial charge in [-0.3, -0.25) is 9.78 Å². The number of halogens is 2. The molecule has 1 saturated carbocycles. The summed E-state index contributed by atoms with van der Waals surface area (Å²) in [5.41, 5.74) is 9.85. The molecule has 0 unspecified atom stereocenters. The van der Waals surface area contributed by atoms with Crippen molar-refractivity contribution in [1.82, 2.24) is 4.98 Å². The Hall–Kier alpha value is -3.48. The standard InChI is InChI=1S/C23H21F2N3O2/c1-12-6-14(26)2-4-16(12)17-7-13(20(24)9-21(17)25)10-27-15-3-5-22(28-11-15)18-8-19(18)23(29)30/h2-7,9,11,18-19,27H,8,10,26H2,1H3,(H,29,30)/t18-,19-/m0/s1. The monoisotopic (exact) mass is 409 g/mol. The van der Waals surface area contributed by atoms with Gasteiger partial charge in [0.15, 0.2) is 0 Å². The molecule has 1 aliphatic rings. The summed E-state index contributed by atoms with van der Waals surface area (Å²) in [6.07, 6.45) is 2.20. The van der Waals surface area contributed by atoms with Crippen LogP contribution < -0.4 is 11.1 Å². The van der Waals surface area contributed by atoms with Gasteiger partial charge in [-0.2, -0.15) is 0 Å². The molecule has 4 N–H and O–H groups in total. The van der Waals surface area contributed by atoms with Crippen LogP contribution in [0, 0.1) is 24.5 Å². The minimum absolute atomic E-state index is 0.0446. The molecule has 1 fully saturated rings. The molecule has 7 heteroatoms. The number of aromatic nitrogens is 1. The average molecular weight is 409 g/mol. The van der Waals surface area contributed by atoms with E-state index < -0.39 is 17.6 Å². The number of anilines is 2. The highest BCUT2D eigenvalue weighted by molar-refractivity contribution is 5.75. The molecular weight excluding hydrogens is 388 g/mol. The molecule has 30 heavy (non-hydrogen) atoms. The maximum Gasteiger partial charge on any atom is 0.307 e. The van der Waals surface area contributed by atoms with Gasteiger partial charge in [0.25, 0.3) is 0 Å². The van der Waals surface area contributed by atoms with Crippen LogP contribution in [0.4, 0.5) is 20.2 Å². The summed E-state index contributed by atoms with van der Waals surface area (Å²) in [5, 5.41) is 12.1. The molecule has 0 saturated heterocycles. The zero-order chi connectivity index (χ0) is 21.4. The summed E-state index contributed by atoms with van der Waals surface area (Å²) in [7, 11) is 0. The second-order valence-electron chi connectivity index (χ2n) is 7.61. The molecule has 0 bridgehead atoms. The van der Waals surface area contributed by atoms with Gasteiger partial charge in [0.05, 0.1) is 17.8 Å². The first-order valence-corrected chi connectivity index (χ1v) is 9.60. The van der Waals surface area contributed by atoms with E-state index in [1.165, 1.54) is 6.07 Å². The number of carbonyl (C=O) groups is 1. The fourth-order valence-corrected chi connectivity index (χ4v) is 3.65. The van der Waals surface area contributed by atoms with Crippen molar-refractivity contribution < 1.29 is 18.7 Å². The summed E-state index contributed by atoms with van der Waals surface area (Å²) in [4.78, 5) is 15.3. The number of aryl methyl sites for hydroxylation is 1. The van der Waals surface area contributed by atoms with Crippen LogP contribution in [0.15, 0.2) is 48.7 Å². The predicted molar refractivity (Wildman–Crippen MR) is 111 cm³/mol. The Labute approximate surface area is 172 Å². The Balaban J connectivity index is 1.50. The van der Waals surface area contributed by atoms with E-state index in [-0.39, 0.29) is 18.4 Å². The Bertz CT molecular complexity index is 1120. The number of nitrogen functional groups attached to an aromatic ring is 1. The Kier molecular flexibility index (Phi) is 5.11. The van der Waals surface area contributed by atoms with Gasteiger partial charge in [0.1, 0.15) is 11.6 Å². The molecule has 2 atom stereocenters. The summed E-state index contributed by atoms with van der Waals surface area (Å²) in [5.74, 6) is -2.48. The highest BCUT2D eigenvalue weighted by atomic mass is 19.1. The number of benzene rings is 2. The fraction of sp³-hybridized carbons (Fsp3) is 0.217. The van der Waals surface area contributed by atoms with Crippen LogP contribution in [0.3, 0.4) is 0 Å². The van der Waals surface area contributed by atoms with Crippen LogP contribution in [-0.4, -0.2) is 16.1 Å². The normalized spacial score (nSPS) is 17.6. The lowest BCUT2D eigenvalue weighted by atomic mass is 9.97. The molecule has 5 nitrogen and oxygen atoms in total. The molecule has 0 spiro atoms. The van der Waals surface area contributed by atoms with E-state index >= 15 is 0 Å². The maximum atomic E-state index is 14.4. The van der Waals surface area contributed by atoms with Gasteiger partial charge in [-0.15, -0.1) is 0 Å². The van der Waals surface area contributed by atoms with Crippen LogP contribution in [0.25, 0.3) is 11.1 Å². The molecule has 1 aliphatic carbocycles. The topological polar surface area (TPSA) is 88.2 Å². The molecule has 154 valence electrons. The number of nitrogens with one attached hydrogen (secondary N) is 1. The lowest BCUT2D eigenvalue weighted by Crippen LogP contribution is -2.05. The third-order valence-corrected chi connectivity index (χ3v) is 5.43. The van der Waals surface area contributed by atoms with Gasteiger partial charge >= 0.3 is 5.97 Å². The van der Waals surface area contributed by atoms with Gasteiger partial charge in [-0.05, 0) is 54.8 Å². The lowest BCUT2D eigenvalue weighted by Gasteiger charge is -2.13. The van der Waals surface area contributed by atoms with Crippen LogP contribution >= 0.6 is 0 Å². The number of nitrogens with two attached hydrogens (primary N) is 1. The lowest BCUT2D eigenvalue weighted by molar-refractivity contribution is -0.138. The largest absolute Gasteiger partial charge is 0.481 e. The fourth-order valence-electron chi connectivity index (χ4n) is 3.65. The van der Waals surface area contributed by atoms with E-state index in [2.05, 4.69) is 10.3 Å². The van der Waals surface area contributed by atoms with Crippen LogP contribution in [0.5, 0.6) is 0 Å². The number of aliphatic carboxylic acids is 1. The number of carboxylic acids is 1. The predicted octanol–water partition coefficient (Wildman–Crippen LogP) is 4.72. The summed E-state index contributed by atoms with van der Waals surface area (Å²) in [6, 6.07) is 11.1. The quantitative estimate of drug-likeness (QED) is 0.513. The molecular formula is C23H21F2N3O2. The van der Waals surface area contributed by atoms with Crippen molar-refractivity contribution in [3.63, 3.8) is 0 Å². The first kappa shape index (κ1) is 19.8. The second kappa shape index (κ2) is 7.74. The van der Waals surface area contributed by atoms with E-state index in [0.717, 1.165) is 17.3 Å². The summed E-state index contributed by atoms with van der Waals surface area (Å²) >= 11 is 0. The van der Waals surface area contributed by atoms with Gasteiger partial charge < -0.3 is 16.2 Å². The number of rotatable bonds is 6. The molecule has 1 heterocycles. The molecule has 0 aliphatic heterocycles. The molecule has 1 aromatic heterocycles. The van der Waals surface area contributed by atoms with Crippen molar-refractivity contribution in [2.75, 3.05) is 11.1 Å². The highest BCUT2D eigenvalue weighted by Gasteiger charge is 2.45. The SMILES string of the molecule is Cc1cc(N)ccc1-c1cc(CNc2ccc([C@H]3C[C@@H]3C(=O)O)nc2)c(F)cc1F. The first-order chi connectivity index (χ1) is 14.3. The van der Waals surface area contributed by atoms with E-state index in [1.807, 2.05) is 6.92 Å².